The van der Waals surface area contributed by atoms with Crippen molar-refractivity contribution in [1.29, 1.82) is 0 Å². The zero-order chi connectivity index (χ0) is 33.9. The van der Waals surface area contributed by atoms with E-state index in [-0.39, 0.29) is 17.7 Å². The summed E-state index contributed by atoms with van der Waals surface area (Å²) < 4.78 is 0. The van der Waals surface area contributed by atoms with Crippen molar-refractivity contribution in [1.82, 2.24) is 15.6 Å². The molecule has 4 aromatic rings. The zero-order valence-electron chi connectivity index (χ0n) is 27.1. The quantitative estimate of drug-likeness (QED) is 0.138. The summed E-state index contributed by atoms with van der Waals surface area (Å²) in [5.74, 6) is 0.504. The number of hydrogen-bond acceptors (Lipinski definition) is 5. The van der Waals surface area contributed by atoms with Crippen LogP contribution in [0.1, 0.15) is 95.3 Å². The largest absolute Gasteiger partial charge is 0.398 e. The Balaban J connectivity index is 0.000000214. The third-order valence-electron chi connectivity index (χ3n) is 9.21. The van der Waals surface area contributed by atoms with Crippen molar-refractivity contribution < 1.29 is 14.4 Å². The van der Waals surface area contributed by atoms with E-state index in [0.717, 1.165) is 30.2 Å². The molecule has 2 aliphatic carbocycles. The van der Waals surface area contributed by atoms with Crippen LogP contribution in [0.4, 0.5) is 11.4 Å². The summed E-state index contributed by atoms with van der Waals surface area (Å²) in [6, 6.07) is 17.2. The molecule has 0 radical (unpaired) electrons. The molecule has 0 spiro atoms. The predicted molar refractivity (Wildman–Crippen MR) is 195 cm³/mol. The minimum absolute atomic E-state index is 0.124. The van der Waals surface area contributed by atoms with Gasteiger partial charge in [0.1, 0.15) is 0 Å². The van der Waals surface area contributed by atoms with E-state index < -0.39 is 0 Å². The van der Waals surface area contributed by atoms with E-state index in [1.807, 2.05) is 18.2 Å². The second kappa shape index (κ2) is 17.3. The summed E-state index contributed by atoms with van der Waals surface area (Å²) in [6.07, 6.45) is 15.7. The number of benzene rings is 3. The van der Waals surface area contributed by atoms with Crippen molar-refractivity contribution in [2.24, 2.45) is 11.8 Å². The van der Waals surface area contributed by atoms with Crippen LogP contribution in [0, 0.1) is 11.8 Å². The van der Waals surface area contributed by atoms with Crippen molar-refractivity contribution in [3.63, 3.8) is 0 Å². The molecule has 2 saturated carbocycles. The number of carbonyl (C=O) groups excluding carboxylic acids is 3. The van der Waals surface area contributed by atoms with Crippen molar-refractivity contribution >= 4 is 63.1 Å². The van der Waals surface area contributed by atoms with Gasteiger partial charge in [-0.1, -0.05) is 73.9 Å². The first-order valence-electron chi connectivity index (χ1n) is 16.8. The summed E-state index contributed by atoms with van der Waals surface area (Å²) in [5, 5.41) is 11.5. The van der Waals surface area contributed by atoms with Gasteiger partial charge < -0.3 is 21.7 Å². The highest BCUT2D eigenvalue weighted by Crippen LogP contribution is 2.26. The lowest BCUT2D eigenvalue weighted by molar-refractivity contribution is 0.0936. The number of pyridine rings is 1. The normalized spacial score (nSPS) is 15.2. The van der Waals surface area contributed by atoms with Crippen LogP contribution < -0.4 is 21.7 Å². The van der Waals surface area contributed by atoms with E-state index in [0.29, 0.717) is 56.5 Å². The topological polar surface area (TPSA) is 126 Å². The summed E-state index contributed by atoms with van der Waals surface area (Å²) in [7, 11) is 0. The number of anilines is 2. The molecule has 8 nitrogen and oxygen atoms in total. The van der Waals surface area contributed by atoms with Gasteiger partial charge in [0.05, 0.1) is 16.8 Å². The molecule has 0 unspecified atom stereocenters. The number of nitrogens with two attached hydrogens (primary N) is 1. The molecular weight excluding hydrogens is 645 g/mol. The molecule has 0 saturated heterocycles. The third-order valence-corrected chi connectivity index (χ3v) is 9.68. The van der Waals surface area contributed by atoms with E-state index in [1.54, 1.807) is 54.9 Å². The highest BCUT2D eigenvalue weighted by molar-refractivity contribution is 6.31. The minimum atomic E-state index is -0.282. The number of hydrogen-bond donors (Lipinski definition) is 4. The van der Waals surface area contributed by atoms with Gasteiger partial charge in [0, 0.05) is 52.2 Å². The van der Waals surface area contributed by atoms with Crippen molar-refractivity contribution in [2.45, 2.75) is 64.2 Å². The van der Waals surface area contributed by atoms with Crippen LogP contribution in [-0.4, -0.2) is 35.8 Å². The van der Waals surface area contributed by atoms with Gasteiger partial charge in [0.15, 0.2) is 0 Å². The maximum atomic E-state index is 13.0. The maximum absolute atomic E-state index is 13.0. The fraction of sp³-hybridized carbons (Fsp3) is 0.368. The second-order valence-corrected chi connectivity index (χ2v) is 13.6. The first-order chi connectivity index (χ1) is 23.3. The third kappa shape index (κ3) is 9.70. The Morgan fingerprint density at radius 3 is 1.92 bits per heavy atom. The molecule has 1 heterocycles. The van der Waals surface area contributed by atoms with E-state index >= 15 is 0 Å². The molecule has 2 fully saturated rings. The van der Waals surface area contributed by atoms with Gasteiger partial charge in [-0.25, -0.2) is 0 Å². The van der Waals surface area contributed by atoms with Crippen LogP contribution in [0.3, 0.4) is 0 Å². The van der Waals surface area contributed by atoms with E-state index in [9.17, 15) is 14.4 Å². The number of amides is 3. The van der Waals surface area contributed by atoms with Gasteiger partial charge in [0.2, 0.25) is 0 Å². The number of aromatic nitrogens is 1. The molecule has 0 bridgehead atoms. The molecule has 2 aliphatic rings. The molecule has 3 amide bonds. The number of fused-ring (bicyclic) bond motifs is 1. The number of nitrogens with one attached hydrogen (secondary N) is 3. The smallest absolute Gasteiger partial charge is 0.256 e. The van der Waals surface area contributed by atoms with E-state index in [2.05, 4.69) is 20.9 Å². The average Bonchev–Trinajstić information content (AvgIpc) is 3.12. The SMILES string of the molecule is Nc1ccc(Cl)cc1C(=O)NCC1CCCCC1.O=C(NCC1CCCCC1)c1cc(Cl)ccc1NC(=O)c1cccc2cnccc12. The van der Waals surface area contributed by atoms with Gasteiger partial charge in [-0.2, -0.15) is 0 Å². The number of halogens is 2. The van der Waals surface area contributed by atoms with Gasteiger partial charge in [-0.05, 0) is 91.4 Å². The van der Waals surface area contributed by atoms with Crippen molar-refractivity contribution in [3.8, 4) is 0 Å². The highest BCUT2D eigenvalue weighted by Gasteiger charge is 2.20. The average molecular weight is 689 g/mol. The summed E-state index contributed by atoms with van der Waals surface area (Å²) >= 11 is 12.0. The van der Waals surface area contributed by atoms with E-state index in [4.69, 9.17) is 28.9 Å². The van der Waals surface area contributed by atoms with Gasteiger partial charge >= 0.3 is 0 Å². The summed E-state index contributed by atoms with van der Waals surface area (Å²) in [4.78, 5) is 42.0. The van der Waals surface area contributed by atoms with Crippen LogP contribution in [-0.2, 0) is 0 Å². The number of rotatable bonds is 8. The standard InChI is InChI=1S/C24H24ClN3O2.C14H19ClN2O/c25-18-9-10-22(21(13-18)23(29)27-14-16-5-2-1-3-6-16)28-24(30)20-8-4-7-17-15-26-12-11-19(17)20;15-11-6-7-13(16)12(8-11)14(18)17-9-10-4-2-1-3-5-10/h4,7-13,15-16H,1-3,5-6,14H2,(H,27,29)(H,28,30);6-8,10H,1-5,9,16H2,(H,17,18). The molecule has 6 rings (SSSR count). The van der Waals surface area contributed by atoms with Crippen molar-refractivity contribution in [3.05, 3.63) is 99.8 Å². The Labute approximate surface area is 292 Å². The molecule has 5 N–H and O–H groups in total. The lowest BCUT2D eigenvalue weighted by atomic mass is 9.89. The highest BCUT2D eigenvalue weighted by atomic mass is 35.5. The van der Waals surface area contributed by atoms with Crippen LogP contribution in [0.2, 0.25) is 10.0 Å². The van der Waals surface area contributed by atoms with Gasteiger partial charge in [0.25, 0.3) is 17.7 Å². The zero-order valence-corrected chi connectivity index (χ0v) is 28.6. The molecule has 252 valence electrons. The number of nitrogens with zero attached hydrogens (tertiary/aromatic N) is 1. The Kier molecular flexibility index (Phi) is 12.7. The molecule has 3 aromatic carbocycles. The van der Waals surface area contributed by atoms with E-state index in [1.165, 1.54) is 51.4 Å². The van der Waals surface area contributed by atoms with Gasteiger partial charge in [-0.15, -0.1) is 0 Å². The van der Waals surface area contributed by atoms with Crippen molar-refractivity contribution in [2.75, 3.05) is 24.1 Å². The lowest BCUT2D eigenvalue weighted by Crippen LogP contribution is -2.31. The molecule has 0 atom stereocenters. The molecule has 0 aliphatic heterocycles. The Morgan fingerprint density at radius 2 is 1.27 bits per heavy atom. The summed E-state index contributed by atoms with van der Waals surface area (Å²) in [5.41, 5.74) is 8.06. The van der Waals surface area contributed by atoms with Gasteiger partial charge in [-0.3, -0.25) is 19.4 Å². The Bertz CT molecular complexity index is 1730. The van der Waals surface area contributed by atoms with Crippen LogP contribution >= 0.6 is 23.2 Å². The molecule has 1 aromatic heterocycles. The number of carbonyl (C=O) groups is 3. The van der Waals surface area contributed by atoms with Crippen LogP contribution in [0.25, 0.3) is 10.8 Å². The molecule has 48 heavy (non-hydrogen) atoms. The minimum Gasteiger partial charge on any atom is -0.398 e. The lowest BCUT2D eigenvalue weighted by Gasteiger charge is -2.22. The maximum Gasteiger partial charge on any atom is 0.256 e. The molecular formula is C38H43Cl2N5O3. The Morgan fingerprint density at radius 1 is 0.688 bits per heavy atom. The Hall–Kier alpha value is -4.14. The second-order valence-electron chi connectivity index (χ2n) is 12.7. The predicted octanol–water partition coefficient (Wildman–Crippen LogP) is 8.68. The van der Waals surface area contributed by atoms with Crippen LogP contribution in [0.15, 0.2) is 73.1 Å². The van der Waals surface area contributed by atoms with Crippen LogP contribution in [0.5, 0.6) is 0 Å². The fourth-order valence-electron chi connectivity index (χ4n) is 6.50. The first-order valence-corrected chi connectivity index (χ1v) is 17.6. The first kappa shape index (κ1) is 35.2. The fourth-order valence-corrected chi connectivity index (χ4v) is 6.84. The summed E-state index contributed by atoms with van der Waals surface area (Å²) in [6.45, 7) is 1.39. The molecule has 10 heteroatoms. The number of nitrogen functional groups attached to an aromatic ring is 1. The monoisotopic (exact) mass is 687 g/mol.